The van der Waals surface area contributed by atoms with Crippen LogP contribution in [-0.2, 0) is 6.42 Å². The first-order valence-corrected chi connectivity index (χ1v) is 6.51. The van der Waals surface area contributed by atoms with Crippen molar-refractivity contribution in [3.63, 3.8) is 0 Å². The summed E-state index contributed by atoms with van der Waals surface area (Å²) >= 11 is 6.12. The molecule has 0 aromatic heterocycles. The number of carbonyl (C=O) groups excluding carboxylic acids is 1. The Morgan fingerprint density at radius 2 is 2.05 bits per heavy atom. The van der Waals surface area contributed by atoms with Crippen molar-refractivity contribution >= 4 is 17.4 Å². The molecule has 2 aromatic carbocycles. The minimum absolute atomic E-state index is 0.101. The van der Waals surface area contributed by atoms with Crippen LogP contribution in [0.1, 0.15) is 21.5 Å². The van der Waals surface area contributed by atoms with E-state index in [4.69, 9.17) is 16.3 Å². The highest BCUT2D eigenvalue weighted by atomic mass is 35.5. The summed E-state index contributed by atoms with van der Waals surface area (Å²) in [5, 5.41) is 0.450. The smallest absolute Gasteiger partial charge is 0.168 e. The zero-order valence-electron chi connectivity index (χ0n) is 11.2. The first-order valence-electron chi connectivity index (χ1n) is 6.13. The number of halogens is 2. The molecule has 2 aromatic rings. The van der Waals surface area contributed by atoms with Crippen molar-refractivity contribution < 1.29 is 13.9 Å². The third kappa shape index (κ3) is 2.99. The number of rotatable bonds is 4. The summed E-state index contributed by atoms with van der Waals surface area (Å²) in [6, 6.07) is 9.78. The van der Waals surface area contributed by atoms with Crippen LogP contribution in [0.4, 0.5) is 4.39 Å². The first kappa shape index (κ1) is 14.5. The second-order valence-corrected chi connectivity index (χ2v) is 4.88. The van der Waals surface area contributed by atoms with Crippen molar-refractivity contribution in [2.24, 2.45) is 0 Å². The van der Waals surface area contributed by atoms with Gasteiger partial charge in [0.2, 0.25) is 0 Å². The fourth-order valence-electron chi connectivity index (χ4n) is 1.96. The van der Waals surface area contributed by atoms with Crippen molar-refractivity contribution in [3.8, 4) is 5.75 Å². The SMILES string of the molecule is COc1ccc(CC(=O)c2cccc(C)c2Cl)cc1F. The third-order valence-corrected chi connectivity index (χ3v) is 3.57. The summed E-state index contributed by atoms with van der Waals surface area (Å²) < 4.78 is 18.4. The number of aryl methyl sites for hydroxylation is 1. The molecule has 0 aliphatic rings. The number of ether oxygens (including phenoxy) is 1. The van der Waals surface area contributed by atoms with E-state index in [0.29, 0.717) is 16.1 Å². The molecule has 4 heteroatoms. The number of methoxy groups -OCH3 is 1. The largest absolute Gasteiger partial charge is 0.494 e. The summed E-state index contributed by atoms with van der Waals surface area (Å²) in [4.78, 5) is 12.2. The van der Waals surface area contributed by atoms with Crippen molar-refractivity contribution in [1.29, 1.82) is 0 Å². The molecule has 0 amide bonds. The third-order valence-electron chi connectivity index (χ3n) is 3.07. The van der Waals surface area contributed by atoms with E-state index in [1.165, 1.54) is 19.2 Å². The molecule has 0 radical (unpaired) electrons. The molecule has 0 aliphatic heterocycles. The highest BCUT2D eigenvalue weighted by Crippen LogP contribution is 2.23. The maximum Gasteiger partial charge on any atom is 0.168 e. The number of Topliss-reactive ketones (excluding diaryl/α,β-unsaturated/α-hetero) is 1. The van der Waals surface area contributed by atoms with Gasteiger partial charge >= 0.3 is 0 Å². The standard InChI is InChI=1S/C16H14ClFO2/c1-10-4-3-5-12(16(10)17)14(19)9-11-6-7-15(20-2)13(18)8-11/h3-8H,9H2,1-2H3. The highest BCUT2D eigenvalue weighted by Gasteiger charge is 2.13. The average molecular weight is 293 g/mol. The Labute approximate surface area is 122 Å². The van der Waals surface area contributed by atoms with E-state index in [1.54, 1.807) is 18.2 Å². The van der Waals surface area contributed by atoms with Gasteiger partial charge in [-0.3, -0.25) is 4.79 Å². The highest BCUT2D eigenvalue weighted by molar-refractivity contribution is 6.34. The maximum absolute atomic E-state index is 13.6. The predicted molar refractivity (Wildman–Crippen MR) is 77.2 cm³/mol. The average Bonchev–Trinajstić information content (AvgIpc) is 2.42. The Hall–Kier alpha value is -1.87. The van der Waals surface area contributed by atoms with Gasteiger partial charge in [-0.05, 0) is 36.2 Å². The Kier molecular flexibility index (Phi) is 4.40. The van der Waals surface area contributed by atoms with Gasteiger partial charge in [0.05, 0.1) is 12.1 Å². The van der Waals surface area contributed by atoms with Gasteiger partial charge in [0.1, 0.15) is 0 Å². The van der Waals surface area contributed by atoms with Gasteiger partial charge in [-0.15, -0.1) is 0 Å². The van der Waals surface area contributed by atoms with Gasteiger partial charge in [0.25, 0.3) is 0 Å². The van der Waals surface area contributed by atoms with Crippen LogP contribution in [-0.4, -0.2) is 12.9 Å². The van der Waals surface area contributed by atoms with E-state index < -0.39 is 5.82 Å². The van der Waals surface area contributed by atoms with E-state index in [2.05, 4.69) is 0 Å². The quantitative estimate of drug-likeness (QED) is 0.789. The van der Waals surface area contributed by atoms with Crippen LogP contribution in [0.2, 0.25) is 5.02 Å². The molecule has 0 atom stereocenters. The van der Waals surface area contributed by atoms with Crippen molar-refractivity contribution in [1.82, 2.24) is 0 Å². The van der Waals surface area contributed by atoms with Crippen LogP contribution in [0.15, 0.2) is 36.4 Å². The van der Waals surface area contributed by atoms with Crippen LogP contribution in [0, 0.1) is 12.7 Å². The number of hydrogen-bond donors (Lipinski definition) is 0. The molecule has 0 heterocycles. The number of carbonyl (C=O) groups is 1. The van der Waals surface area contributed by atoms with Gasteiger partial charge in [-0.1, -0.05) is 29.8 Å². The monoisotopic (exact) mass is 292 g/mol. The molecule has 0 saturated carbocycles. The van der Waals surface area contributed by atoms with Crippen LogP contribution in [0.25, 0.3) is 0 Å². The molecule has 0 spiro atoms. The summed E-state index contributed by atoms with van der Waals surface area (Å²) in [5.74, 6) is -0.453. The normalized spacial score (nSPS) is 10.4. The zero-order chi connectivity index (χ0) is 14.7. The summed E-state index contributed by atoms with van der Waals surface area (Å²) in [6.07, 6.45) is 0.101. The number of benzene rings is 2. The molecular formula is C16H14ClFO2. The van der Waals surface area contributed by atoms with Crippen molar-refractivity contribution in [2.75, 3.05) is 7.11 Å². The lowest BCUT2D eigenvalue weighted by atomic mass is 10.0. The molecule has 20 heavy (non-hydrogen) atoms. The van der Waals surface area contributed by atoms with E-state index in [0.717, 1.165) is 5.56 Å². The molecule has 0 unspecified atom stereocenters. The minimum atomic E-state index is -0.479. The minimum Gasteiger partial charge on any atom is -0.494 e. The lowest BCUT2D eigenvalue weighted by Crippen LogP contribution is -2.05. The Morgan fingerprint density at radius 3 is 2.70 bits per heavy atom. The van der Waals surface area contributed by atoms with Gasteiger partial charge in [0.15, 0.2) is 17.3 Å². The van der Waals surface area contributed by atoms with Gasteiger partial charge < -0.3 is 4.74 Å². The molecule has 2 nitrogen and oxygen atoms in total. The van der Waals surface area contributed by atoms with Gasteiger partial charge in [-0.25, -0.2) is 4.39 Å². The van der Waals surface area contributed by atoms with E-state index in [-0.39, 0.29) is 18.0 Å². The Morgan fingerprint density at radius 1 is 1.30 bits per heavy atom. The fourth-order valence-corrected chi connectivity index (χ4v) is 2.19. The molecule has 104 valence electrons. The molecule has 0 bridgehead atoms. The van der Waals surface area contributed by atoms with Crippen LogP contribution in [0.5, 0.6) is 5.75 Å². The molecular weight excluding hydrogens is 279 g/mol. The molecule has 0 fully saturated rings. The fraction of sp³-hybridized carbons (Fsp3) is 0.188. The van der Waals surface area contributed by atoms with Crippen LogP contribution in [0.3, 0.4) is 0 Å². The zero-order valence-corrected chi connectivity index (χ0v) is 12.0. The topological polar surface area (TPSA) is 26.3 Å². The lowest BCUT2D eigenvalue weighted by Gasteiger charge is -2.07. The van der Waals surface area contributed by atoms with Crippen molar-refractivity contribution in [2.45, 2.75) is 13.3 Å². The van der Waals surface area contributed by atoms with Gasteiger partial charge in [0, 0.05) is 12.0 Å². The predicted octanol–water partition coefficient (Wildman–Crippen LogP) is 4.22. The number of ketones is 1. The van der Waals surface area contributed by atoms with E-state index >= 15 is 0 Å². The molecule has 0 saturated heterocycles. The summed E-state index contributed by atoms with van der Waals surface area (Å²) in [5.41, 5.74) is 1.90. The van der Waals surface area contributed by atoms with Crippen molar-refractivity contribution in [3.05, 3.63) is 63.9 Å². The summed E-state index contributed by atoms with van der Waals surface area (Å²) in [6.45, 7) is 1.84. The van der Waals surface area contributed by atoms with E-state index in [1.807, 2.05) is 13.0 Å². The maximum atomic E-state index is 13.6. The van der Waals surface area contributed by atoms with Gasteiger partial charge in [-0.2, -0.15) is 0 Å². The van der Waals surface area contributed by atoms with Crippen LogP contribution >= 0.6 is 11.6 Å². The Bertz CT molecular complexity index is 653. The second-order valence-electron chi connectivity index (χ2n) is 4.51. The van der Waals surface area contributed by atoms with Crippen LogP contribution < -0.4 is 4.74 Å². The number of hydrogen-bond acceptors (Lipinski definition) is 2. The summed E-state index contributed by atoms with van der Waals surface area (Å²) in [7, 11) is 1.40. The lowest BCUT2D eigenvalue weighted by molar-refractivity contribution is 0.0993. The molecule has 0 N–H and O–H groups in total. The Balaban J connectivity index is 2.24. The second kappa shape index (κ2) is 6.06. The van der Waals surface area contributed by atoms with E-state index in [9.17, 15) is 9.18 Å². The first-order chi connectivity index (χ1) is 9.52. The molecule has 2 rings (SSSR count). The molecule has 0 aliphatic carbocycles.